The highest BCUT2D eigenvalue weighted by atomic mass is 19.1. The maximum absolute atomic E-state index is 13.0. The Balaban J connectivity index is 1.61. The van der Waals surface area contributed by atoms with Gasteiger partial charge in [0.2, 0.25) is 5.91 Å². The van der Waals surface area contributed by atoms with Crippen LogP contribution < -0.4 is 15.8 Å². The van der Waals surface area contributed by atoms with Crippen LogP contribution in [0.2, 0.25) is 0 Å². The van der Waals surface area contributed by atoms with Gasteiger partial charge in [0.1, 0.15) is 17.3 Å². The molecule has 3 N–H and O–H groups in total. The summed E-state index contributed by atoms with van der Waals surface area (Å²) in [5, 5.41) is 2.73. The van der Waals surface area contributed by atoms with Crippen LogP contribution in [0.1, 0.15) is 15.9 Å². The van der Waals surface area contributed by atoms with Crippen LogP contribution >= 0.6 is 0 Å². The highest BCUT2D eigenvalue weighted by molar-refractivity contribution is 5.94. The summed E-state index contributed by atoms with van der Waals surface area (Å²) in [7, 11) is 0. The first-order chi connectivity index (χ1) is 14.0. The van der Waals surface area contributed by atoms with Crippen molar-refractivity contribution in [1.82, 2.24) is 5.32 Å². The van der Waals surface area contributed by atoms with Crippen molar-refractivity contribution in [1.29, 1.82) is 0 Å². The normalized spacial score (nSPS) is 11.5. The standard InChI is InChI=1S/C23H21FN2O3/c24-19-11-9-16(10-12-19)13-18(22(25)27)15-26-23(28)17-5-4-8-21(14-17)29-20-6-2-1-3-7-20/h1-12,14,18H,13,15H2,(H2,25,27)(H,26,28). The zero-order valence-electron chi connectivity index (χ0n) is 15.7. The summed E-state index contributed by atoms with van der Waals surface area (Å²) in [4.78, 5) is 24.3. The van der Waals surface area contributed by atoms with Crippen molar-refractivity contribution in [3.05, 3.63) is 95.8 Å². The molecule has 0 aromatic heterocycles. The average molecular weight is 392 g/mol. The lowest BCUT2D eigenvalue weighted by Crippen LogP contribution is -2.37. The van der Waals surface area contributed by atoms with E-state index in [1.54, 1.807) is 36.4 Å². The molecule has 0 aliphatic carbocycles. The van der Waals surface area contributed by atoms with E-state index in [4.69, 9.17) is 10.5 Å². The lowest BCUT2D eigenvalue weighted by Gasteiger charge is -2.15. The molecule has 1 atom stereocenters. The second-order valence-electron chi connectivity index (χ2n) is 6.58. The van der Waals surface area contributed by atoms with E-state index >= 15 is 0 Å². The number of amides is 2. The van der Waals surface area contributed by atoms with Crippen molar-refractivity contribution in [2.24, 2.45) is 11.7 Å². The average Bonchev–Trinajstić information content (AvgIpc) is 2.73. The summed E-state index contributed by atoms with van der Waals surface area (Å²) < 4.78 is 18.8. The van der Waals surface area contributed by atoms with Crippen LogP contribution in [-0.4, -0.2) is 18.4 Å². The molecule has 3 aromatic carbocycles. The molecule has 0 spiro atoms. The zero-order chi connectivity index (χ0) is 20.6. The van der Waals surface area contributed by atoms with Crippen molar-refractivity contribution in [2.75, 3.05) is 6.54 Å². The number of rotatable bonds is 8. The van der Waals surface area contributed by atoms with Gasteiger partial charge in [0.05, 0.1) is 5.92 Å². The summed E-state index contributed by atoms with van der Waals surface area (Å²) in [6, 6.07) is 21.8. The Morgan fingerprint density at radius 2 is 1.62 bits per heavy atom. The molecule has 3 rings (SSSR count). The molecule has 0 fully saturated rings. The predicted octanol–water partition coefficient (Wildman–Crippen LogP) is 3.69. The fourth-order valence-electron chi connectivity index (χ4n) is 2.82. The number of nitrogens with two attached hydrogens (primary N) is 1. The van der Waals surface area contributed by atoms with Gasteiger partial charge in [-0.2, -0.15) is 0 Å². The molecule has 3 aromatic rings. The first-order valence-corrected chi connectivity index (χ1v) is 9.16. The lowest BCUT2D eigenvalue weighted by atomic mass is 9.98. The van der Waals surface area contributed by atoms with Crippen molar-refractivity contribution in [2.45, 2.75) is 6.42 Å². The number of ether oxygens (including phenoxy) is 1. The van der Waals surface area contributed by atoms with Crippen molar-refractivity contribution in [3.63, 3.8) is 0 Å². The number of para-hydroxylation sites is 1. The van der Waals surface area contributed by atoms with Crippen LogP contribution in [0.4, 0.5) is 4.39 Å². The molecule has 29 heavy (non-hydrogen) atoms. The van der Waals surface area contributed by atoms with Crippen molar-refractivity contribution in [3.8, 4) is 11.5 Å². The Morgan fingerprint density at radius 3 is 2.31 bits per heavy atom. The number of carbonyl (C=O) groups is 2. The van der Waals surface area contributed by atoms with Gasteiger partial charge < -0.3 is 15.8 Å². The van der Waals surface area contributed by atoms with Crippen molar-refractivity contribution >= 4 is 11.8 Å². The van der Waals surface area contributed by atoms with Gasteiger partial charge in [-0.1, -0.05) is 36.4 Å². The molecule has 0 heterocycles. The maximum Gasteiger partial charge on any atom is 0.251 e. The summed E-state index contributed by atoms with van der Waals surface area (Å²) in [5.74, 6) is -0.632. The summed E-state index contributed by atoms with van der Waals surface area (Å²) >= 11 is 0. The van der Waals surface area contributed by atoms with Gasteiger partial charge >= 0.3 is 0 Å². The highest BCUT2D eigenvalue weighted by Crippen LogP contribution is 2.21. The van der Waals surface area contributed by atoms with Crippen LogP contribution in [0.5, 0.6) is 11.5 Å². The van der Waals surface area contributed by atoms with Gasteiger partial charge in [0.15, 0.2) is 0 Å². The number of halogens is 1. The van der Waals surface area contributed by atoms with Crippen LogP contribution in [-0.2, 0) is 11.2 Å². The minimum absolute atomic E-state index is 0.0787. The third kappa shape index (κ3) is 5.90. The van der Waals surface area contributed by atoms with E-state index in [1.807, 2.05) is 30.3 Å². The third-order valence-electron chi connectivity index (χ3n) is 4.38. The Hall–Kier alpha value is -3.67. The van der Waals surface area contributed by atoms with E-state index < -0.39 is 11.8 Å². The molecule has 148 valence electrons. The van der Waals surface area contributed by atoms with Gasteiger partial charge in [0, 0.05) is 12.1 Å². The van der Waals surface area contributed by atoms with Gasteiger partial charge in [-0.15, -0.1) is 0 Å². The van der Waals surface area contributed by atoms with Gasteiger partial charge in [-0.05, 0) is 54.4 Å². The van der Waals surface area contributed by atoms with E-state index in [9.17, 15) is 14.0 Å². The number of hydrogen-bond acceptors (Lipinski definition) is 3. The fourth-order valence-corrected chi connectivity index (χ4v) is 2.82. The summed E-state index contributed by atoms with van der Waals surface area (Å²) in [6.07, 6.45) is 0.313. The molecule has 6 heteroatoms. The Morgan fingerprint density at radius 1 is 0.931 bits per heavy atom. The molecule has 1 unspecified atom stereocenters. The van der Waals surface area contributed by atoms with E-state index in [1.165, 1.54) is 12.1 Å². The van der Waals surface area contributed by atoms with E-state index in [2.05, 4.69) is 5.32 Å². The molecule has 0 radical (unpaired) electrons. The van der Waals surface area contributed by atoms with Crippen LogP contribution in [0.25, 0.3) is 0 Å². The lowest BCUT2D eigenvalue weighted by molar-refractivity contribution is -0.121. The Bertz CT molecular complexity index is 975. The summed E-state index contributed by atoms with van der Waals surface area (Å²) in [6.45, 7) is 0.0787. The second-order valence-corrected chi connectivity index (χ2v) is 6.58. The van der Waals surface area contributed by atoms with E-state index in [0.717, 1.165) is 5.56 Å². The molecule has 0 saturated heterocycles. The monoisotopic (exact) mass is 392 g/mol. The molecule has 0 bridgehead atoms. The smallest absolute Gasteiger partial charge is 0.251 e. The van der Waals surface area contributed by atoms with E-state index in [-0.39, 0.29) is 18.3 Å². The topological polar surface area (TPSA) is 81.4 Å². The molecular formula is C23H21FN2O3. The first-order valence-electron chi connectivity index (χ1n) is 9.16. The minimum atomic E-state index is -0.604. The highest BCUT2D eigenvalue weighted by Gasteiger charge is 2.18. The quantitative estimate of drug-likeness (QED) is 0.613. The van der Waals surface area contributed by atoms with Crippen LogP contribution in [0.15, 0.2) is 78.9 Å². The maximum atomic E-state index is 13.0. The SMILES string of the molecule is NC(=O)C(CNC(=O)c1cccc(Oc2ccccc2)c1)Cc1ccc(F)cc1. The van der Waals surface area contributed by atoms with Crippen LogP contribution in [0, 0.1) is 11.7 Å². The molecular weight excluding hydrogens is 371 g/mol. The van der Waals surface area contributed by atoms with E-state index in [0.29, 0.717) is 23.5 Å². The number of benzene rings is 3. The van der Waals surface area contributed by atoms with Crippen molar-refractivity contribution < 1.29 is 18.7 Å². The molecule has 0 aliphatic heterocycles. The number of hydrogen-bond donors (Lipinski definition) is 2. The number of nitrogens with one attached hydrogen (secondary N) is 1. The molecule has 0 aliphatic rings. The third-order valence-corrected chi connectivity index (χ3v) is 4.38. The van der Waals surface area contributed by atoms with Gasteiger partial charge in [-0.25, -0.2) is 4.39 Å². The minimum Gasteiger partial charge on any atom is -0.457 e. The largest absolute Gasteiger partial charge is 0.457 e. The Labute approximate surface area is 168 Å². The van der Waals surface area contributed by atoms with Crippen LogP contribution in [0.3, 0.4) is 0 Å². The molecule has 2 amide bonds. The zero-order valence-corrected chi connectivity index (χ0v) is 15.7. The second kappa shape index (κ2) is 9.50. The number of carbonyl (C=O) groups excluding carboxylic acids is 2. The first kappa shape index (κ1) is 20.1. The van der Waals surface area contributed by atoms with Gasteiger partial charge in [-0.3, -0.25) is 9.59 Å². The summed E-state index contributed by atoms with van der Waals surface area (Å²) in [5.41, 5.74) is 6.64. The molecule has 5 nitrogen and oxygen atoms in total. The van der Waals surface area contributed by atoms with Gasteiger partial charge in [0.25, 0.3) is 5.91 Å². The fraction of sp³-hybridized carbons (Fsp3) is 0.130. The molecule has 0 saturated carbocycles. The predicted molar refractivity (Wildman–Crippen MR) is 108 cm³/mol. The number of primary amides is 1. The Kier molecular flexibility index (Phi) is 6.58.